The van der Waals surface area contributed by atoms with Gasteiger partial charge in [-0.05, 0) is 38.5 Å². The van der Waals surface area contributed by atoms with Crippen molar-refractivity contribution < 1.29 is 19.4 Å². The summed E-state index contributed by atoms with van der Waals surface area (Å²) >= 11 is 0. The lowest BCUT2D eigenvalue weighted by atomic mass is 9.79. The number of esters is 1. The first kappa shape index (κ1) is 28.7. The molecule has 0 aliphatic heterocycles. The fourth-order valence-electron chi connectivity index (χ4n) is 4.70. The van der Waals surface area contributed by atoms with Gasteiger partial charge in [0.15, 0.2) is 0 Å². The van der Waals surface area contributed by atoms with Crippen LogP contribution in [0.3, 0.4) is 0 Å². The molecule has 1 fully saturated rings. The quantitative estimate of drug-likeness (QED) is 0.115. The monoisotopic (exact) mass is 450 g/mol. The van der Waals surface area contributed by atoms with Crippen LogP contribution in [0.2, 0.25) is 0 Å². The van der Waals surface area contributed by atoms with Crippen molar-refractivity contribution in [3.05, 3.63) is 12.2 Å². The number of allylic oxidation sites excluding steroid dienone is 2. The number of carbonyl (C=O) groups is 2. The molecule has 1 N–H and O–H groups in total. The summed E-state index contributed by atoms with van der Waals surface area (Å²) in [5.74, 6) is -2.12. The van der Waals surface area contributed by atoms with Crippen LogP contribution in [0.15, 0.2) is 12.2 Å². The number of ether oxygens (including phenoxy) is 1. The molecule has 0 aromatic carbocycles. The second-order valence-corrected chi connectivity index (χ2v) is 9.65. The molecule has 2 unspecified atom stereocenters. The summed E-state index contributed by atoms with van der Waals surface area (Å²) in [6, 6.07) is 0. The van der Waals surface area contributed by atoms with Gasteiger partial charge in [-0.3, -0.25) is 9.59 Å². The molecule has 1 aliphatic carbocycles. The van der Waals surface area contributed by atoms with Crippen molar-refractivity contribution in [1.29, 1.82) is 0 Å². The summed E-state index contributed by atoms with van der Waals surface area (Å²) in [5, 5.41) is 9.28. The first-order valence-corrected chi connectivity index (χ1v) is 13.7. The lowest BCUT2D eigenvalue weighted by Gasteiger charge is -2.26. The highest BCUT2D eigenvalue weighted by Gasteiger charge is 2.36. The highest BCUT2D eigenvalue weighted by molar-refractivity contribution is 5.81. The Morgan fingerprint density at radius 1 is 0.719 bits per heavy atom. The maximum absolute atomic E-state index is 12.2. The lowest BCUT2D eigenvalue weighted by Crippen LogP contribution is -2.33. The molecular weight excluding hydrogens is 400 g/mol. The third-order valence-electron chi connectivity index (χ3n) is 6.77. The smallest absolute Gasteiger partial charge is 0.309 e. The van der Waals surface area contributed by atoms with E-state index in [4.69, 9.17) is 4.74 Å². The molecule has 2 atom stereocenters. The zero-order valence-electron chi connectivity index (χ0n) is 20.8. The Morgan fingerprint density at radius 2 is 1.19 bits per heavy atom. The third-order valence-corrected chi connectivity index (χ3v) is 6.77. The number of carboxylic acids is 1. The van der Waals surface area contributed by atoms with Crippen molar-refractivity contribution in [2.75, 3.05) is 6.61 Å². The van der Waals surface area contributed by atoms with Crippen molar-refractivity contribution >= 4 is 11.9 Å². The standard InChI is InChI=1S/C28H50O4/c1-2-3-4-5-6-7-8-9-10-11-12-13-14-15-16-17-18-21-24-32-28(31)26-23-20-19-22-25(26)27(29)30/h4-5,25-26H,2-3,6-24H2,1H3,(H,29,30)/b5-4+. The SMILES string of the molecule is CCC/C=C/CCCCCCCCCCCCCCCOC(=O)C1CCCCC1C(=O)O. The van der Waals surface area contributed by atoms with Gasteiger partial charge in [0, 0.05) is 0 Å². The van der Waals surface area contributed by atoms with Gasteiger partial charge in [-0.2, -0.15) is 0 Å². The molecule has 4 nitrogen and oxygen atoms in total. The molecule has 0 amide bonds. The molecule has 1 saturated carbocycles. The topological polar surface area (TPSA) is 63.6 Å². The lowest BCUT2D eigenvalue weighted by molar-refractivity contribution is -0.159. The Balaban J connectivity index is 1.82. The number of rotatable bonds is 20. The minimum atomic E-state index is -0.850. The molecular formula is C28H50O4. The van der Waals surface area contributed by atoms with E-state index in [-0.39, 0.29) is 5.97 Å². The molecule has 32 heavy (non-hydrogen) atoms. The highest BCUT2D eigenvalue weighted by Crippen LogP contribution is 2.31. The Bertz CT molecular complexity index is 500. The second kappa shape index (κ2) is 20.3. The van der Waals surface area contributed by atoms with Gasteiger partial charge in [0.05, 0.1) is 18.4 Å². The van der Waals surface area contributed by atoms with E-state index in [1.165, 1.54) is 89.9 Å². The van der Waals surface area contributed by atoms with E-state index in [0.29, 0.717) is 19.4 Å². The fraction of sp³-hybridized carbons (Fsp3) is 0.857. The molecule has 186 valence electrons. The van der Waals surface area contributed by atoms with Gasteiger partial charge in [-0.25, -0.2) is 0 Å². The molecule has 1 rings (SSSR count). The van der Waals surface area contributed by atoms with Crippen molar-refractivity contribution in [2.45, 2.75) is 135 Å². The van der Waals surface area contributed by atoms with Crippen molar-refractivity contribution in [1.82, 2.24) is 0 Å². The van der Waals surface area contributed by atoms with Crippen molar-refractivity contribution in [3.63, 3.8) is 0 Å². The van der Waals surface area contributed by atoms with Crippen LogP contribution in [-0.4, -0.2) is 23.7 Å². The van der Waals surface area contributed by atoms with E-state index in [1.807, 2.05) is 0 Å². The maximum Gasteiger partial charge on any atom is 0.309 e. The van der Waals surface area contributed by atoms with E-state index < -0.39 is 17.8 Å². The van der Waals surface area contributed by atoms with Crippen LogP contribution >= 0.6 is 0 Å². The number of unbranched alkanes of at least 4 members (excludes halogenated alkanes) is 14. The van der Waals surface area contributed by atoms with Crippen LogP contribution in [0, 0.1) is 11.8 Å². The maximum atomic E-state index is 12.2. The van der Waals surface area contributed by atoms with Crippen LogP contribution in [0.1, 0.15) is 135 Å². The van der Waals surface area contributed by atoms with Gasteiger partial charge in [0.25, 0.3) is 0 Å². The Labute approximate surface area is 197 Å². The van der Waals surface area contributed by atoms with E-state index >= 15 is 0 Å². The van der Waals surface area contributed by atoms with E-state index in [1.54, 1.807) is 0 Å². The average molecular weight is 451 g/mol. The molecule has 0 aromatic heterocycles. The summed E-state index contributed by atoms with van der Waals surface area (Å²) in [7, 11) is 0. The third kappa shape index (κ3) is 14.7. The van der Waals surface area contributed by atoms with Crippen LogP contribution in [0.25, 0.3) is 0 Å². The van der Waals surface area contributed by atoms with Crippen LogP contribution < -0.4 is 0 Å². The summed E-state index contributed by atoms with van der Waals surface area (Å²) in [6.07, 6.45) is 28.3. The minimum absolute atomic E-state index is 0.291. The molecule has 4 heteroatoms. The molecule has 0 bridgehead atoms. The molecule has 0 saturated heterocycles. The number of aliphatic carboxylic acids is 1. The van der Waals surface area contributed by atoms with Crippen LogP contribution in [0.5, 0.6) is 0 Å². The zero-order chi connectivity index (χ0) is 23.3. The fourth-order valence-corrected chi connectivity index (χ4v) is 4.70. The Morgan fingerprint density at radius 3 is 1.72 bits per heavy atom. The molecule has 0 spiro atoms. The summed E-state index contributed by atoms with van der Waals surface area (Å²) in [5.41, 5.74) is 0. The predicted octanol–water partition coefficient (Wildman–Crippen LogP) is 8.24. The van der Waals surface area contributed by atoms with Gasteiger partial charge < -0.3 is 9.84 Å². The first-order chi connectivity index (χ1) is 15.7. The number of carbonyl (C=O) groups excluding carboxylic acids is 1. The predicted molar refractivity (Wildman–Crippen MR) is 133 cm³/mol. The summed E-state index contributed by atoms with van der Waals surface area (Å²) in [4.78, 5) is 23.5. The first-order valence-electron chi connectivity index (χ1n) is 13.7. The van der Waals surface area contributed by atoms with Crippen molar-refractivity contribution in [2.24, 2.45) is 11.8 Å². The molecule has 0 radical (unpaired) electrons. The highest BCUT2D eigenvalue weighted by atomic mass is 16.5. The molecule has 0 heterocycles. The summed E-state index contributed by atoms with van der Waals surface area (Å²) < 4.78 is 5.39. The van der Waals surface area contributed by atoms with Gasteiger partial charge in [0.2, 0.25) is 0 Å². The normalized spacial score (nSPS) is 18.8. The Kier molecular flexibility index (Phi) is 18.2. The van der Waals surface area contributed by atoms with Gasteiger partial charge in [-0.15, -0.1) is 0 Å². The average Bonchev–Trinajstić information content (AvgIpc) is 2.80. The second-order valence-electron chi connectivity index (χ2n) is 9.65. The number of hydrogen-bond acceptors (Lipinski definition) is 3. The number of carboxylic acid groups (broad SMARTS) is 1. The Hall–Kier alpha value is -1.32. The zero-order valence-corrected chi connectivity index (χ0v) is 20.8. The van der Waals surface area contributed by atoms with E-state index in [2.05, 4.69) is 19.1 Å². The van der Waals surface area contributed by atoms with Crippen LogP contribution in [-0.2, 0) is 14.3 Å². The molecule has 0 aromatic rings. The largest absolute Gasteiger partial charge is 0.481 e. The van der Waals surface area contributed by atoms with E-state index in [9.17, 15) is 14.7 Å². The minimum Gasteiger partial charge on any atom is -0.481 e. The molecule has 1 aliphatic rings. The van der Waals surface area contributed by atoms with Gasteiger partial charge in [0.1, 0.15) is 0 Å². The van der Waals surface area contributed by atoms with E-state index in [0.717, 1.165) is 25.7 Å². The number of hydrogen-bond donors (Lipinski definition) is 1. The van der Waals surface area contributed by atoms with Crippen molar-refractivity contribution in [3.8, 4) is 0 Å². The summed E-state index contributed by atoms with van der Waals surface area (Å²) in [6.45, 7) is 2.67. The van der Waals surface area contributed by atoms with Gasteiger partial charge in [-0.1, -0.05) is 109 Å². The van der Waals surface area contributed by atoms with Gasteiger partial charge >= 0.3 is 11.9 Å². The van der Waals surface area contributed by atoms with Crippen LogP contribution in [0.4, 0.5) is 0 Å².